The number of nitrogens with one attached hydrogen (secondary N) is 3. The predicted octanol–water partition coefficient (Wildman–Crippen LogP) is 5.00. The lowest BCUT2D eigenvalue weighted by Crippen LogP contribution is -2.38. The Balaban J connectivity index is 1.60. The van der Waals surface area contributed by atoms with Crippen molar-refractivity contribution >= 4 is 34.2 Å². The molecule has 0 radical (unpaired) electrons. The van der Waals surface area contributed by atoms with Crippen molar-refractivity contribution in [2.45, 2.75) is 58.2 Å². The van der Waals surface area contributed by atoms with E-state index in [9.17, 15) is 22.8 Å². The first-order valence-electron chi connectivity index (χ1n) is 13.8. The van der Waals surface area contributed by atoms with Crippen LogP contribution in [-0.4, -0.2) is 54.4 Å². The van der Waals surface area contributed by atoms with Crippen molar-refractivity contribution in [1.29, 1.82) is 0 Å². The number of anilines is 1. The van der Waals surface area contributed by atoms with Crippen LogP contribution in [0.15, 0.2) is 70.8 Å². The summed E-state index contributed by atoms with van der Waals surface area (Å²) in [6, 6.07) is -0.238. The molecule has 1 unspecified atom stereocenters. The van der Waals surface area contributed by atoms with Crippen LogP contribution in [0.25, 0.3) is 5.70 Å². The van der Waals surface area contributed by atoms with Gasteiger partial charge in [-0.2, -0.15) is 13.2 Å². The molecule has 1 aromatic heterocycles. The molecule has 0 saturated carbocycles. The first-order chi connectivity index (χ1) is 20.4. The van der Waals surface area contributed by atoms with Crippen LogP contribution < -0.4 is 27.5 Å². The average Bonchev–Trinajstić information content (AvgIpc) is 3.21. The van der Waals surface area contributed by atoms with Gasteiger partial charge in [0.05, 0.1) is 35.7 Å². The van der Waals surface area contributed by atoms with Crippen molar-refractivity contribution < 1.29 is 27.5 Å². The molecule has 0 bridgehead atoms. The van der Waals surface area contributed by atoms with E-state index in [0.717, 1.165) is 29.5 Å². The van der Waals surface area contributed by atoms with Crippen molar-refractivity contribution in [2.24, 2.45) is 11.6 Å². The van der Waals surface area contributed by atoms with Crippen LogP contribution in [0.1, 0.15) is 50.8 Å². The summed E-state index contributed by atoms with van der Waals surface area (Å²) in [7, 11) is 1.25. The highest BCUT2D eigenvalue weighted by atomic mass is 32.1. The molecule has 0 aromatic carbocycles. The summed E-state index contributed by atoms with van der Waals surface area (Å²) < 4.78 is 45.6. The highest BCUT2D eigenvalue weighted by Gasteiger charge is 2.33. The van der Waals surface area contributed by atoms with E-state index < -0.39 is 23.7 Å². The lowest BCUT2D eigenvalue weighted by Gasteiger charge is -2.27. The molecular formula is C29H38F3N7O3S. The number of allylic oxidation sites excluding steroid dienone is 7. The fraction of sp³-hybridized carbons (Fsp3) is 0.414. The Bertz CT molecular complexity index is 1360. The number of thiazole rings is 1. The van der Waals surface area contributed by atoms with E-state index in [4.69, 9.17) is 11.6 Å². The van der Waals surface area contributed by atoms with Crippen LogP contribution in [0.3, 0.4) is 0 Å². The number of aromatic nitrogens is 1. The summed E-state index contributed by atoms with van der Waals surface area (Å²) >= 11 is 1.16. The Kier molecular flexibility index (Phi) is 12.2. The number of carbonyl (C=O) groups is 2. The SMILES string of the molecule is CCNCCC1=CC(C(F)(F)F)=CC(CC(=O)NC2=CC=C(C)C(N(N)/C=C(\N)c3cnc(NC(=O)OC)s3)CC2)=CC1. The minimum absolute atomic E-state index is 0.179. The molecule has 0 spiro atoms. The molecule has 0 aliphatic heterocycles. The Hall–Kier alpha value is -3.88. The molecule has 43 heavy (non-hydrogen) atoms. The van der Waals surface area contributed by atoms with Gasteiger partial charge in [0.2, 0.25) is 5.91 Å². The number of nitrogens with zero attached hydrogens (tertiary/aromatic N) is 2. The zero-order valence-electron chi connectivity index (χ0n) is 24.4. The largest absolute Gasteiger partial charge is 0.453 e. The maximum Gasteiger partial charge on any atom is 0.416 e. The van der Waals surface area contributed by atoms with Gasteiger partial charge in [-0.15, -0.1) is 0 Å². The molecule has 2 amide bonds. The van der Waals surface area contributed by atoms with Crippen LogP contribution in [0.4, 0.5) is 23.1 Å². The number of ether oxygens (including phenoxy) is 1. The number of hydrazine groups is 1. The standard InChI is InChI=1S/C29H38F3N7O3S/c1-4-35-12-11-19-6-7-20(14-21(13-19)29(30,31)32)15-26(40)37-22-8-5-18(2)24(10-9-22)39(34)17-23(33)25-16-36-27(43-25)38-28(41)42-3/h5,7-8,13-14,16-17,24,35H,4,6,9-12,15,33-34H2,1-3H3,(H,37,40)(H,36,38,41)/b23-17-. The summed E-state index contributed by atoms with van der Waals surface area (Å²) in [6.07, 6.45) is 7.17. The fourth-order valence-electron chi connectivity index (χ4n) is 4.49. The van der Waals surface area contributed by atoms with E-state index in [2.05, 4.69) is 25.7 Å². The molecule has 1 heterocycles. The first-order valence-corrected chi connectivity index (χ1v) is 14.6. The minimum atomic E-state index is -4.52. The summed E-state index contributed by atoms with van der Waals surface area (Å²) in [4.78, 5) is 29.0. The van der Waals surface area contributed by atoms with Gasteiger partial charge in [-0.1, -0.05) is 42.1 Å². The number of halogens is 3. The first kappa shape index (κ1) is 33.6. The molecule has 2 aliphatic carbocycles. The van der Waals surface area contributed by atoms with Crippen LogP contribution in [0.5, 0.6) is 0 Å². The van der Waals surface area contributed by atoms with Gasteiger partial charge in [-0.3, -0.25) is 10.1 Å². The summed E-state index contributed by atoms with van der Waals surface area (Å²) in [6.45, 7) is 5.16. The molecule has 1 aromatic rings. The van der Waals surface area contributed by atoms with Gasteiger partial charge in [-0.25, -0.2) is 15.6 Å². The number of hydrogen-bond acceptors (Lipinski definition) is 9. The smallest absolute Gasteiger partial charge is 0.416 e. The predicted molar refractivity (Wildman–Crippen MR) is 162 cm³/mol. The van der Waals surface area contributed by atoms with Crippen molar-refractivity contribution in [3.8, 4) is 0 Å². The number of alkyl halides is 3. The van der Waals surface area contributed by atoms with Gasteiger partial charge in [0.25, 0.3) is 0 Å². The summed E-state index contributed by atoms with van der Waals surface area (Å²) in [5.41, 5.74) is 8.35. The number of nitrogens with two attached hydrogens (primary N) is 2. The van der Waals surface area contributed by atoms with E-state index in [-0.39, 0.29) is 12.5 Å². The number of amides is 2. The number of carbonyl (C=O) groups excluding carboxylic acids is 2. The second-order valence-corrected chi connectivity index (χ2v) is 11.1. The van der Waals surface area contributed by atoms with Gasteiger partial charge in [0.15, 0.2) is 5.13 Å². The molecule has 234 valence electrons. The van der Waals surface area contributed by atoms with Gasteiger partial charge in [-0.05, 0) is 69.0 Å². The third kappa shape index (κ3) is 10.4. The van der Waals surface area contributed by atoms with E-state index in [0.29, 0.717) is 64.8 Å². The van der Waals surface area contributed by atoms with Crippen molar-refractivity contribution in [1.82, 2.24) is 20.6 Å². The van der Waals surface area contributed by atoms with Crippen LogP contribution in [0, 0.1) is 0 Å². The molecule has 0 saturated heterocycles. The molecule has 0 fully saturated rings. The summed E-state index contributed by atoms with van der Waals surface area (Å²) in [5, 5.41) is 10.3. The average molecular weight is 622 g/mol. The van der Waals surface area contributed by atoms with Crippen molar-refractivity contribution in [3.05, 3.63) is 75.6 Å². The second-order valence-electron chi connectivity index (χ2n) is 10.0. The maximum atomic E-state index is 13.7. The topological polar surface area (TPSA) is 148 Å². The third-order valence-corrected chi connectivity index (χ3v) is 7.75. The van der Waals surface area contributed by atoms with Crippen molar-refractivity contribution in [3.63, 3.8) is 0 Å². The Morgan fingerprint density at radius 2 is 2.02 bits per heavy atom. The number of methoxy groups -OCH3 is 1. The van der Waals surface area contributed by atoms with Crippen LogP contribution >= 0.6 is 11.3 Å². The van der Waals surface area contributed by atoms with Crippen LogP contribution in [0.2, 0.25) is 0 Å². The quantitative estimate of drug-likeness (QED) is 0.132. The molecule has 2 aliphatic rings. The van der Waals surface area contributed by atoms with Crippen molar-refractivity contribution in [2.75, 3.05) is 25.5 Å². The molecule has 3 rings (SSSR count). The lowest BCUT2D eigenvalue weighted by atomic mass is 10.0. The molecule has 14 heteroatoms. The second kappa shape index (κ2) is 15.5. The van der Waals surface area contributed by atoms with E-state index in [1.54, 1.807) is 18.4 Å². The van der Waals surface area contributed by atoms with Gasteiger partial charge >= 0.3 is 12.3 Å². The third-order valence-electron chi connectivity index (χ3n) is 6.78. The fourth-order valence-corrected chi connectivity index (χ4v) is 5.21. The van der Waals surface area contributed by atoms with Gasteiger partial charge in [0.1, 0.15) is 0 Å². The molecular weight excluding hydrogens is 583 g/mol. The number of rotatable bonds is 11. The Morgan fingerprint density at radius 1 is 1.26 bits per heavy atom. The molecule has 10 nitrogen and oxygen atoms in total. The highest BCUT2D eigenvalue weighted by molar-refractivity contribution is 7.16. The zero-order valence-corrected chi connectivity index (χ0v) is 25.2. The molecule has 7 N–H and O–H groups in total. The normalized spacial score (nSPS) is 17.8. The summed E-state index contributed by atoms with van der Waals surface area (Å²) in [5.74, 6) is 5.95. The van der Waals surface area contributed by atoms with E-state index in [1.165, 1.54) is 24.4 Å². The maximum absolute atomic E-state index is 13.7. The number of hydrogen-bond donors (Lipinski definition) is 5. The lowest BCUT2D eigenvalue weighted by molar-refractivity contribution is -0.119. The minimum Gasteiger partial charge on any atom is -0.453 e. The van der Waals surface area contributed by atoms with E-state index >= 15 is 0 Å². The van der Waals surface area contributed by atoms with Gasteiger partial charge < -0.3 is 26.1 Å². The molecule has 1 atom stereocenters. The Labute approximate surface area is 253 Å². The van der Waals surface area contributed by atoms with E-state index in [1.807, 2.05) is 19.9 Å². The Morgan fingerprint density at radius 3 is 2.72 bits per heavy atom. The van der Waals surface area contributed by atoms with Crippen LogP contribution in [-0.2, 0) is 9.53 Å². The monoisotopic (exact) mass is 621 g/mol. The highest BCUT2D eigenvalue weighted by Crippen LogP contribution is 2.32. The van der Waals surface area contributed by atoms with Gasteiger partial charge in [0, 0.05) is 18.1 Å². The zero-order chi connectivity index (χ0) is 31.6.